The average Bonchev–Trinajstić information content (AvgIpc) is 3.27. The van der Waals surface area contributed by atoms with Crippen molar-refractivity contribution in [1.82, 2.24) is 0 Å². The van der Waals surface area contributed by atoms with Gasteiger partial charge in [0, 0.05) is 23.6 Å². The van der Waals surface area contributed by atoms with E-state index in [0.29, 0.717) is 21.7 Å². The van der Waals surface area contributed by atoms with Gasteiger partial charge in [-0.15, -0.1) is 6.58 Å². The minimum Gasteiger partial charge on any atom is -0.351 e. The summed E-state index contributed by atoms with van der Waals surface area (Å²) in [4.78, 5) is 5.48. The summed E-state index contributed by atoms with van der Waals surface area (Å²) in [6.45, 7) is 22.3. The van der Waals surface area contributed by atoms with E-state index in [-0.39, 0.29) is 17.0 Å². The highest BCUT2D eigenvalue weighted by Gasteiger charge is 2.62. The molecule has 0 N–H and O–H groups in total. The van der Waals surface area contributed by atoms with Gasteiger partial charge in [-0.2, -0.15) is 0 Å². The highest BCUT2D eigenvalue weighted by atomic mass is 15.4. The van der Waals surface area contributed by atoms with E-state index in [4.69, 9.17) is 0 Å². The third kappa shape index (κ3) is 2.79. The summed E-state index contributed by atoms with van der Waals surface area (Å²) in [5.41, 5.74) is 13.8. The Morgan fingerprint density at radius 1 is 0.634 bits per heavy atom. The van der Waals surface area contributed by atoms with Crippen LogP contribution in [0.2, 0.25) is 0 Å². The molecule has 3 unspecified atom stereocenters. The van der Waals surface area contributed by atoms with Gasteiger partial charge in [0.25, 0.3) is 0 Å². The number of hydrogen-bond donors (Lipinski definition) is 0. The first-order valence-electron chi connectivity index (χ1n) is 16.9. The Kier molecular flexibility index (Phi) is 4.92. The summed E-state index contributed by atoms with van der Waals surface area (Å²) in [6, 6.07) is 10.8. The third-order valence-electron chi connectivity index (χ3n) is 15.0. The first-order chi connectivity index (χ1) is 19.3. The van der Waals surface area contributed by atoms with Crippen molar-refractivity contribution in [3.8, 4) is 0 Å². The molecule has 2 aromatic rings. The Morgan fingerprint density at radius 3 is 1.46 bits per heavy atom. The molecule has 0 radical (unpaired) electrons. The van der Waals surface area contributed by atoms with Crippen molar-refractivity contribution < 1.29 is 0 Å². The molecule has 2 aromatic carbocycles. The fraction of sp³-hybridized carbons (Fsp3) is 0.641. The fourth-order valence-corrected chi connectivity index (χ4v) is 11.4. The summed E-state index contributed by atoms with van der Waals surface area (Å²) >= 11 is 0. The molecule has 6 aliphatic carbocycles. The highest BCUT2D eigenvalue weighted by Crippen LogP contribution is 2.68. The smallest absolute Gasteiger partial charge is 0.116 e. The van der Waals surface area contributed by atoms with Crippen LogP contribution in [0.5, 0.6) is 0 Å². The molecule has 0 spiro atoms. The van der Waals surface area contributed by atoms with Crippen LogP contribution in [0.4, 0.5) is 17.1 Å². The summed E-state index contributed by atoms with van der Waals surface area (Å²) in [5, 5.41) is 0. The molecule has 41 heavy (non-hydrogen) atoms. The number of fused-ring (bicyclic) bond motifs is 9. The molecule has 4 bridgehead atoms. The maximum Gasteiger partial charge on any atom is 0.116 e. The molecule has 0 aromatic heterocycles. The Balaban J connectivity index is 1.45. The van der Waals surface area contributed by atoms with E-state index in [9.17, 15) is 0 Å². The second-order valence-electron chi connectivity index (χ2n) is 16.7. The molecule has 3 atom stereocenters. The lowest BCUT2D eigenvalue weighted by Crippen LogP contribution is -2.63. The Hall–Kier alpha value is -2.22. The lowest BCUT2D eigenvalue weighted by molar-refractivity contribution is 0.128. The van der Waals surface area contributed by atoms with Gasteiger partial charge in [0.2, 0.25) is 0 Å². The zero-order valence-corrected chi connectivity index (χ0v) is 27.1. The van der Waals surface area contributed by atoms with Gasteiger partial charge < -0.3 is 9.80 Å². The first-order valence-corrected chi connectivity index (χ1v) is 16.9. The number of anilines is 3. The second-order valence-corrected chi connectivity index (χ2v) is 16.7. The lowest BCUT2D eigenvalue weighted by Gasteiger charge is -2.60. The summed E-state index contributed by atoms with van der Waals surface area (Å²) < 4.78 is 0. The van der Waals surface area contributed by atoms with Gasteiger partial charge in [-0.05, 0) is 132 Å². The molecule has 10 rings (SSSR count). The van der Waals surface area contributed by atoms with Crippen molar-refractivity contribution in [3.05, 3.63) is 64.7 Å². The van der Waals surface area contributed by atoms with Crippen LogP contribution < -0.4 is 9.80 Å². The molecule has 2 saturated carbocycles. The second kappa shape index (κ2) is 7.64. The fourth-order valence-electron chi connectivity index (χ4n) is 11.4. The van der Waals surface area contributed by atoms with Crippen LogP contribution in [0.1, 0.15) is 140 Å². The summed E-state index contributed by atoms with van der Waals surface area (Å²) in [6.07, 6.45) is 15.5. The SMILES string of the molecule is C=CC1(CC)C2N(C)c3cc4c(cc3N2c2cc3c(cc2C1(C)CC)C1(C)CCC3(C)CC1)C1(C)CCC4(C)CC1. The topological polar surface area (TPSA) is 6.48 Å². The van der Waals surface area contributed by atoms with Crippen molar-refractivity contribution in [2.75, 3.05) is 16.8 Å². The van der Waals surface area contributed by atoms with Crippen LogP contribution in [-0.4, -0.2) is 13.2 Å². The predicted octanol–water partition coefficient (Wildman–Crippen LogP) is 10.1. The van der Waals surface area contributed by atoms with Crippen molar-refractivity contribution in [2.24, 2.45) is 5.41 Å². The number of rotatable bonds is 3. The van der Waals surface area contributed by atoms with Gasteiger partial charge in [0.15, 0.2) is 0 Å². The lowest BCUT2D eigenvalue weighted by atomic mass is 9.50. The van der Waals surface area contributed by atoms with E-state index < -0.39 is 0 Å². The first kappa shape index (κ1) is 26.4. The molecule has 0 amide bonds. The molecule has 2 heterocycles. The largest absolute Gasteiger partial charge is 0.351 e. The van der Waals surface area contributed by atoms with Gasteiger partial charge in [-0.1, -0.05) is 60.6 Å². The van der Waals surface area contributed by atoms with Crippen molar-refractivity contribution in [1.29, 1.82) is 0 Å². The van der Waals surface area contributed by atoms with Crippen LogP contribution in [0.25, 0.3) is 0 Å². The van der Waals surface area contributed by atoms with Gasteiger partial charge in [0.1, 0.15) is 6.17 Å². The Morgan fingerprint density at radius 2 is 1.05 bits per heavy atom. The van der Waals surface area contributed by atoms with Crippen molar-refractivity contribution >= 4 is 17.1 Å². The molecular formula is C39H52N2. The molecular weight excluding hydrogens is 496 g/mol. The number of benzene rings is 2. The van der Waals surface area contributed by atoms with Gasteiger partial charge in [-0.3, -0.25) is 0 Å². The normalized spacial score (nSPS) is 42.9. The van der Waals surface area contributed by atoms with Crippen LogP contribution in [0.3, 0.4) is 0 Å². The van der Waals surface area contributed by atoms with Gasteiger partial charge >= 0.3 is 0 Å². The zero-order chi connectivity index (χ0) is 29.0. The van der Waals surface area contributed by atoms with Crippen LogP contribution in [0.15, 0.2) is 36.9 Å². The maximum absolute atomic E-state index is 4.63. The monoisotopic (exact) mass is 548 g/mol. The molecule has 218 valence electrons. The minimum absolute atomic E-state index is 0.00981. The van der Waals surface area contributed by atoms with Crippen LogP contribution in [0, 0.1) is 5.41 Å². The third-order valence-corrected chi connectivity index (χ3v) is 15.0. The van der Waals surface area contributed by atoms with E-state index in [2.05, 4.69) is 102 Å². The number of nitrogens with zero attached hydrogens (tertiary/aromatic N) is 2. The van der Waals surface area contributed by atoms with Crippen molar-refractivity contribution in [2.45, 2.75) is 146 Å². The van der Waals surface area contributed by atoms with Gasteiger partial charge in [-0.25, -0.2) is 0 Å². The van der Waals surface area contributed by atoms with Gasteiger partial charge in [0.05, 0.1) is 11.4 Å². The van der Waals surface area contributed by atoms with Crippen molar-refractivity contribution in [3.63, 3.8) is 0 Å². The molecule has 2 nitrogen and oxygen atoms in total. The molecule has 2 fully saturated rings. The molecule has 2 aliphatic heterocycles. The predicted molar refractivity (Wildman–Crippen MR) is 174 cm³/mol. The van der Waals surface area contributed by atoms with E-state index in [1.165, 1.54) is 68.4 Å². The standard InChI is InChI=1S/C39H52N2/c1-10-38(8)29-21-25-26(35(5)15-13-34(25,4)14-16-35)22-30(29)41-32-24-28-27(36(6)17-19-37(28,7)20-18-36)23-31(32)40(9)33(41)39(38,11-2)12-3/h11,21-24,33H,2,10,12-20H2,1,3-9H3. The summed E-state index contributed by atoms with van der Waals surface area (Å²) in [7, 11) is 2.39. The van der Waals surface area contributed by atoms with E-state index in [1.807, 2.05) is 0 Å². The minimum atomic E-state index is -0.0669. The quantitative estimate of drug-likeness (QED) is 0.352. The van der Waals surface area contributed by atoms with Crippen LogP contribution >= 0.6 is 0 Å². The van der Waals surface area contributed by atoms with E-state index >= 15 is 0 Å². The molecule has 2 heteroatoms. The Bertz CT molecular complexity index is 1500. The maximum atomic E-state index is 4.63. The molecule has 0 saturated heterocycles. The Labute approximate surface area is 249 Å². The van der Waals surface area contributed by atoms with E-state index in [0.717, 1.165) is 12.8 Å². The average molecular weight is 549 g/mol. The summed E-state index contributed by atoms with van der Waals surface area (Å²) in [5.74, 6) is 0. The van der Waals surface area contributed by atoms with E-state index in [1.54, 1.807) is 27.8 Å². The highest BCUT2D eigenvalue weighted by molar-refractivity contribution is 5.89. The molecule has 8 aliphatic rings. The number of hydrogen-bond acceptors (Lipinski definition) is 2. The zero-order valence-electron chi connectivity index (χ0n) is 27.1. The van der Waals surface area contributed by atoms with Crippen LogP contribution in [-0.2, 0) is 27.1 Å².